The van der Waals surface area contributed by atoms with E-state index < -0.39 is 5.91 Å². The lowest BCUT2D eigenvalue weighted by Crippen LogP contribution is -2.35. The van der Waals surface area contributed by atoms with Crippen LogP contribution in [-0.2, 0) is 9.59 Å². The number of para-hydroxylation sites is 1. The summed E-state index contributed by atoms with van der Waals surface area (Å²) in [6, 6.07) is 5.72. The third-order valence-corrected chi connectivity index (χ3v) is 5.54. The van der Waals surface area contributed by atoms with E-state index in [-0.39, 0.29) is 17.5 Å². The number of rotatable bonds is 7. The summed E-state index contributed by atoms with van der Waals surface area (Å²) in [5, 5.41) is 17.5. The Morgan fingerprint density at radius 1 is 1.31 bits per heavy atom. The van der Waals surface area contributed by atoms with E-state index in [0.29, 0.717) is 25.6 Å². The molecule has 0 saturated carbocycles. The molecule has 0 bridgehead atoms. The number of nitrogens with one attached hydrogen (secondary N) is 3. The second kappa shape index (κ2) is 10.6. The summed E-state index contributed by atoms with van der Waals surface area (Å²) >= 11 is 0. The van der Waals surface area contributed by atoms with E-state index in [1.807, 2.05) is 34.6 Å². The molecule has 1 aliphatic rings. The highest BCUT2D eigenvalue weighted by Crippen LogP contribution is 2.32. The minimum atomic E-state index is -0.509. The highest BCUT2D eigenvalue weighted by molar-refractivity contribution is 6.18. The van der Waals surface area contributed by atoms with Crippen LogP contribution >= 0.6 is 0 Å². The zero-order valence-electron chi connectivity index (χ0n) is 18.2. The van der Waals surface area contributed by atoms with E-state index >= 15 is 0 Å². The lowest BCUT2D eigenvalue weighted by atomic mass is 10.1. The molecule has 2 aromatic rings. The van der Waals surface area contributed by atoms with Gasteiger partial charge in [-0.05, 0) is 43.9 Å². The van der Waals surface area contributed by atoms with Crippen molar-refractivity contribution < 1.29 is 9.59 Å². The Morgan fingerprint density at radius 2 is 2.12 bits per heavy atom. The van der Waals surface area contributed by atoms with Crippen molar-refractivity contribution in [2.45, 2.75) is 32.2 Å². The van der Waals surface area contributed by atoms with Crippen molar-refractivity contribution in [3.63, 3.8) is 0 Å². The van der Waals surface area contributed by atoms with Crippen LogP contribution in [0.4, 0.5) is 5.95 Å². The molecule has 5 N–H and O–H groups in total. The van der Waals surface area contributed by atoms with E-state index in [1.165, 1.54) is 12.2 Å². The summed E-state index contributed by atoms with van der Waals surface area (Å²) < 4.78 is 2.01. The number of fused-ring (bicyclic) bond motifs is 1. The Morgan fingerprint density at radius 3 is 2.84 bits per heavy atom. The Kier molecular flexibility index (Phi) is 7.67. The number of nitrogens with zero attached hydrogens (tertiary/aromatic N) is 3. The fourth-order valence-corrected chi connectivity index (χ4v) is 4.02. The molecule has 9 nitrogen and oxygen atoms in total. The molecule has 3 rings (SSSR count). The first kappa shape index (κ1) is 23.1. The predicted octanol–water partition coefficient (Wildman–Crippen LogP) is 2.58. The normalized spacial score (nSPS) is 17.4. The van der Waals surface area contributed by atoms with Gasteiger partial charge in [-0.25, -0.2) is 4.98 Å². The van der Waals surface area contributed by atoms with E-state index in [0.717, 1.165) is 48.3 Å². The number of allylic oxidation sites excluding steroid dienone is 1. The van der Waals surface area contributed by atoms with Crippen LogP contribution in [0.5, 0.6) is 0 Å². The number of carbonyl (C=O) groups excluding carboxylic acids is 2. The average molecular weight is 436 g/mol. The molecule has 0 unspecified atom stereocenters. The highest BCUT2D eigenvalue weighted by Gasteiger charge is 2.27. The lowest BCUT2D eigenvalue weighted by molar-refractivity contribution is -0.126. The Balaban J connectivity index is 2.04. The van der Waals surface area contributed by atoms with Gasteiger partial charge in [-0.3, -0.25) is 14.9 Å². The lowest BCUT2D eigenvalue weighted by Gasteiger charge is -2.26. The molecule has 9 heteroatoms. The van der Waals surface area contributed by atoms with Gasteiger partial charge in [0.2, 0.25) is 11.9 Å². The molecule has 168 valence electrons. The number of anilines is 1. The molecular formula is C23H29N7O2. The smallest absolute Gasteiger partial charge is 0.259 e. The van der Waals surface area contributed by atoms with Crippen LogP contribution in [0.25, 0.3) is 11.0 Å². The van der Waals surface area contributed by atoms with E-state index in [4.69, 9.17) is 16.6 Å². The molecule has 0 radical (unpaired) electrons. The molecule has 1 aromatic heterocycles. The highest BCUT2D eigenvalue weighted by atomic mass is 16.2. The standard InChI is InChI=1S/C23H29N7O2/c1-16-6-4-8-19-21(16)30(23(27-19)28-22(32)17(14-26)10-12-25)18-7-2-3-13-29(15-18)20(31)9-5-11-24/h4-6,8-10,12,14,18,25-26H,2-3,7,11,13,15,24H2,1H3,(H,27,28,32)/b9-5+,17-10+,25-12?,26-14?/t18-/m1/s1. The summed E-state index contributed by atoms with van der Waals surface area (Å²) in [5.41, 5.74) is 8.23. The number of amides is 2. The average Bonchev–Trinajstić information content (AvgIpc) is 2.98. The van der Waals surface area contributed by atoms with Crippen molar-refractivity contribution >= 4 is 41.2 Å². The molecule has 1 aromatic carbocycles. The van der Waals surface area contributed by atoms with Crippen molar-refractivity contribution in [2.24, 2.45) is 5.73 Å². The van der Waals surface area contributed by atoms with Crippen LogP contribution in [-0.4, -0.2) is 58.3 Å². The molecule has 1 fully saturated rings. The number of aryl methyl sites for hydroxylation is 1. The molecule has 0 spiro atoms. The van der Waals surface area contributed by atoms with Gasteiger partial charge in [0, 0.05) is 38.1 Å². The van der Waals surface area contributed by atoms with E-state index in [1.54, 1.807) is 6.08 Å². The molecule has 1 atom stereocenters. The second-order valence-corrected chi connectivity index (χ2v) is 7.71. The third-order valence-electron chi connectivity index (χ3n) is 5.54. The number of imidazole rings is 1. The van der Waals surface area contributed by atoms with Gasteiger partial charge in [-0.15, -0.1) is 0 Å². The third kappa shape index (κ3) is 5.00. The van der Waals surface area contributed by atoms with Crippen molar-refractivity contribution in [2.75, 3.05) is 25.0 Å². The number of carbonyl (C=O) groups is 2. The van der Waals surface area contributed by atoms with Gasteiger partial charge in [0.1, 0.15) is 0 Å². The number of aromatic nitrogens is 2. The quantitative estimate of drug-likeness (QED) is 0.392. The fraction of sp³-hybridized carbons (Fsp3) is 0.348. The zero-order chi connectivity index (χ0) is 23.1. The van der Waals surface area contributed by atoms with Crippen LogP contribution in [0.3, 0.4) is 0 Å². The minimum absolute atomic E-state index is 0.0555. The fourth-order valence-electron chi connectivity index (χ4n) is 4.02. The summed E-state index contributed by atoms with van der Waals surface area (Å²) in [5.74, 6) is -0.215. The van der Waals surface area contributed by atoms with Crippen LogP contribution in [0.2, 0.25) is 0 Å². The zero-order valence-corrected chi connectivity index (χ0v) is 18.2. The predicted molar refractivity (Wildman–Crippen MR) is 126 cm³/mol. The van der Waals surface area contributed by atoms with Crippen molar-refractivity contribution in [3.8, 4) is 0 Å². The monoisotopic (exact) mass is 435 g/mol. The first-order valence-electron chi connectivity index (χ1n) is 10.7. The number of benzene rings is 1. The first-order valence-corrected chi connectivity index (χ1v) is 10.7. The largest absolute Gasteiger partial charge is 0.337 e. The van der Waals surface area contributed by atoms with Gasteiger partial charge in [0.25, 0.3) is 5.91 Å². The topological polar surface area (TPSA) is 141 Å². The van der Waals surface area contributed by atoms with Crippen molar-refractivity contribution in [1.29, 1.82) is 10.8 Å². The maximum absolute atomic E-state index is 12.7. The number of hydrogen-bond acceptors (Lipinski definition) is 6. The number of nitrogens with two attached hydrogens (primary N) is 1. The SMILES string of the molecule is Cc1cccc2nc(NC(=O)/C(C=N)=C/C=N)n([C@@H]3CCCCN(C(=O)/C=C/CN)C3)c12. The summed E-state index contributed by atoms with van der Waals surface area (Å²) in [6.07, 6.45) is 8.97. The number of hydrogen-bond donors (Lipinski definition) is 4. The maximum Gasteiger partial charge on any atom is 0.259 e. The number of likely N-dealkylation sites (tertiary alicyclic amines) is 1. The summed E-state index contributed by atoms with van der Waals surface area (Å²) in [6.45, 7) is 3.46. The molecule has 2 amide bonds. The molecule has 1 aliphatic heterocycles. The molecule has 1 saturated heterocycles. The van der Waals surface area contributed by atoms with E-state index in [2.05, 4.69) is 10.3 Å². The van der Waals surface area contributed by atoms with Crippen LogP contribution in [0.15, 0.2) is 42.0 Å². The van der Waals surface area contributed by atoms with Crippen LogP contribution < -0.4 is 11.1 Å². The maximum atomic E-state index is 12.7. The van der Waals surface area contributed by atoms with Crippen LogP contribution in [0, 0.1) is 17.7 Å². The van der Waals surface area contributed by atoms with Crippen molar-refractivity contribution in [1.82, 2.24) is 14.5 Å². The van der Waals surface area contributed by atoms with Gasteiger partial charge in [-0.1, -0.05) is 18.2 Å². The summed E-state index contributed by atoms with van der Waals surface area (Å²) in [7, 11) is 0. The molecule has 2 heterocycles. The van der Waals surface area contributed by atoms with Gasteiger partial charge >= 0.3 is 0 Å². The Labute approximate surface area is 187 Å². The van der Waals surface area contributed by atoms with Gasteiger partial charge < -0.3 is 26.0 Å². The Hall–Kier alpha value is -3.59. The molecular weight excluding hydrogens is 406 g/mol. The summed E-state index contributed by atoms with van der Waals surface area (Å²) in [4.78, 5) is 31.8. The first-order chi connectivity index (χ1) is 15.5. The molecule has 32 heavy (non-hydrogen) atoms. The van der Waals surface area contributed by atoms with Crippen LogP contribution in [0.1, 0.15) is 30.9 Å². The van der Waals surface area contributed by atoms with Crippen molar-refractivity contribution in [3.05, 3.63) is 47.6 Å². The van der Waals surface area contributed by atoms with Gasteiger partial charge in [-0.2, -0.15) is 0 Å². The van der Waals surface area contributed by atoms with E-state index in [9.17, 15) is 9.59 Å². The van der Waals surface area contributed by atoms with Gasteiger partial charge in [0.05, 0.1) is 22.6 Å². The minimum Gasteiger partial charge on any atom is -0.337 e. The Bertz CT molecular complexity index is 1080. The van der Waals surface area contributed by atoms with Gasteiger partial charge in [0.15, 0.2) is 0 Å². The second-order valence-electron chi connectivity index (χ2n) is 7.71. The molecule has 0 aliphatic carbocycles.